The molecule has 108 valence electrons. The first kappa shape index (κ1) is 16.5. The van der Waals surface area contributed by atoms with Crippen molar-refractivity contribution >= 4 is 11.8 Å². The third-order valence-corrected chi connectivity index (χ3v) is 4.28. The van der Waals surface area contributed by atoms with Crippen LogP contribution in [0.4, 0.5) is 0 Å². The van der Waals surface area contributed by atoms with E-state index in [1.54, 1.807) is 7.11 Å². The largest absolute Gasteiger partial charge is 0.379 e. The van der Waals surface area contributed by atoms with Gasteiger partial charge in [0, 0.05) is 18.0 Å². The summed E-state index contributed by atoms with van der Waals surface area (Å²) in [5, 5.41) is 0. The predicted octanol–water partition coefficient (Wildman–Crippen LogP) is 3.51. The quantitative estimate of drug-likeness (QED) is 0.435. The summed E-state index contributed by atoms with van der Waals surface area (Å²) >= 11 is 1.85. The summed E-state index contributed by atoms with van der Waals surface area (Å²) in [5.74, 6) is 6.77. The molecule has 1 unspecified atom stereocenters. The lowest BCUT2D eigenvalue weighted by molar-refractivity contribution is 0.0117. The van der Waals surface area contributed by atoms with Crippen molar-refractivity contribution in [1.29, 1.82) is 0 Å². The van der Waals surface area contributed by atoms with E-state index >= 15 is 0 Å². The molecule has 0 aliphatic heterocycles. The van der Waals surface area contributed by atoms with Crippen molar-refractivity contribution in [1.82, 2.24) is 5.43 Å². The summed E-state index contributed by atoms with van der Waals surface area (Å²) in [6.45, 7) is 6.36. The van der Waals surface area contributed by atoms with Gasteiger partial charge < -0.3 is 4.74 Å². The maximum atomic E-state index is 5.68. The number of hydrazine groups is 1. The van der Waals surface area contributed by atoms with E-state index in [4.69, 9.17) is 10.6 Å². The molecule has 3 nitrogen and oxygen atoms in total. The Kier molecular flexibility index (Phi) is 6.86. The lowest BCUT2D eigenvalue weighted by Gasteiger charge is -2.26. The molecule has 3 N–H and O–H groups in total. The van der Waals surface area contributed by atoms with E-state index < -0.39 is 0 Å². The highest BCUT2D eigenvalue weighted by Gasteiger charge is 2.19. The number of nitrogens with two attached hydrogens (primary N) is 1. The smallest absolute Gasteiger partial charge is 0.0623 e. The van der Waals surface area contributed by atoms with Gasteiger partial charge in [-0.15, -0.1) is 11.8 Å². The first-order chi connectivity index (χ1) is 9.02. The highest BCUT2D eigenvalue weighted by Crippen LogP contribution is 2.26. The minimum Gasteiger partial charge on any atom is -0.379 e. The second kappa shape index (κ2) is 7.90. The van der Waals surface area contributed by atoms with Crippen LogP contribution in [0.5, 0.6) is 0 Å². The lowest BCUT2D eigenvalue weighted by Crippen LogP contribution is -2.31. The van der Waals surface area contributed by atoms with E-state index in [2.05, 4.69) is 50.5 Å². The minimum absolute atomic E-state index is 0.104. The molecule has 0 saturated carbocycles. The average molecular weight is 282 g/mol. The van der Waals surface area contributed by atoms with Gasteiger partial charge in [-0.3, -0.25) is 11.3 Å². The third kappa shape index (κ3) is 5.53. The van der Waals surface area contributed by atoms with Crippen molar-refractivity contribution < 1.29 is 4.74 Å². The standard InChI is InChI=1S/C15H26N2OS/c1-5-19-13-8-6-12(7-9-13)14(17-16)10-11-15(2,3)18-4/h6-9,14,17H,5,10-11,16H2,1-4H3. The van der Waals surface area contributed by atoms with E-state index in [0.717, 1.165) is 18.6 Å². The van der Waals surface area contributed by atoms with Crippen LogP contribution in [0.1, 0.15) is 45.2 Å². The Bertz CT molecular complexity index is 365. The van der Waals surface area contributed by atoms with E-state index in [9.17, 15) is 0 Å². The molecule has 19 heavy (non-hydrogen) atoms. The molecule has 1 rings (SSSR count). The maximum absolute atomic E-state index is 5.68. The Morgan fingerprint density at radius 3 is 2.42 bits per heavy atom. The monoisotopic (exact) mass is 282 g/mol. The van der Waals surface area contributed by atoms with Gasteiger partial charge in [-0.05, 0) is 50.1 Å². The van der Waals surface area contributed by atoms with Gasteiger partial charge in [-0.2, -0.15) is 0 Å². The summed E-state index contributed by atoms with van der Waals surface area (Å²) in [5.41, 5.74) is 4.03. The molecule has 0 heterocycles. The van der Waals surface area contributed by atoms with Gasteiger partial charge in [-0.1, -0.05) is 19.1 Å². The second-order valence-corrected chi connectivity index (χ2v) is 6.56. The van der Waals surface area contributed by atoms with E-state index in [0.29, 0.717) is 0 Å². The minimum atomic E-state index is -0.104. The van der Waals surface area contributed by atoms with Gasteiger partial charge in [0.2, 0.25) is 0 Å². The molecule has 0 aliphatic rings. The van der Waals surface area contributed by atoms with Gasteiger partial charge >= 0.3 is 0 Å². The number of hydrogen-bond donors (Lipinski definition) is 2. The number of ether oxygens (including phenoxy) is 1. The van der Waals surface area contributed by atoms with Crippen LogP contribution in [0.2, 0.25) is 0 Å². The van der Waals surface area contributed by atoms with Gasteiger partial charge in [-0.25, -0.2) is 0 Å². The van der Waals surface area contributed by atoms with Crippen LogP contribution in [-0.2, 0) is 4.74 Å². The molecule has 0 radical (unpaired) electrons. The van der Waals surface area contributed by atoms with Crippen molar-refractivity contribution in [2.75, 3.05) is 12.9 Å². The van der Waals surface area contributed by atoms with Crippen molar-refractivity contribution in [2.24, 2.45) is 5.84 Å². The summed E-state index contributed by atoms with van der Waals surface area (Å²) in [4.78, 5) is 1.30. The van der Waals surface area contributed by atoms with Crippen LogP contribution >= 0.6 is 11.8 Å². The maximum Gasteiger partial charge on any atom is 0.0623 e. The molecule has 0 aliphatic carbocycles. The van der Waals surface area contributed by atoms with Crippen molar-refractivity contribution in [3.63, 3.8) is 0 Å². The van der Waals surface area contributed by atoms with Crippen LogP contribution in [0.25, 0.3) is 0 Å². The third-order valence-electron chi connectivity index (χ3n) is 3.38. The summed E-state index contributed by atoms with van der Waals surface area (Å²) in [7, 11) is 1.75. The molecule has 1 aromatic carbocycles. The molecule has 1 atom stereocenters. The van der Waals surface area contributed by atoms with E-state index in [-0.39, 0.29) is 11.6 Å². The fourth-order valence-corrected chi connectivity index (χ4v) is 2.57. The number of hydrogen-bond acceptors (Lipinski definition) is 4. The van der Waals surface area contributed by atoms with E-state index in [1.807, 2.05) is 11.8 Å². The Labute approximate surface area is 121 Å². The molecule has 4 heteroatoms. The number of thioether (sulfide) groups is 1. The van der Waals surface area contributed by atoms with Gasteiger partial charge in [0.05, 0.1) is 5.60 Å². The lowest BCUT2D eigenvalue weighted by atomic mass is 9.95. The zero-order chi connectivity index (χ0) is 14.3. The Balaban J connectivity index is 2.64. The van der Waals surface area contributed by atoms with Crippen molar-refractivity contribution in [3.05, 3.63) is 29.8 Å². The average Bonchev–Trinajstić information content (AvgIpc) is 2.41. The summed E-state index contributed by atoms with van der Waals surface area (Å²) in [6, 6.07) is 8.81. The Morgan fingerprint density at radius 2 is 1.95 bits per heavy atom. The molecule has 0 amide bonds. The Morgan fingerprint density at radius 1 is 1.32 bits per heavy atom. The predicted molar refractivity (Wildman–Crippen MR) is 83.2 cm³/mol. The molecule has 0 fully saturated rings. The molecule has 0 spiro atoms. The van der Waals surface area contributed by atoms with Crippen LogP contribution in [0, 0.1) is 0 Å². The first-order valence-corrected chi connectivity index (χ1v) is 7.75. The van der Waals surface area contributed by atoms with Crippen LogP contribution in [0.3, 0.4) is 0 Å². The topological polar surface area (TPSA) is 47.3 Å². The second-order valence-electron chi connectivity index (χ2n) is 5.22. The highest BCUT2D eigenvalue weighted by atomic mass is 32.2. The molecule has 1 aromatic rings. The normalized spacial score (nSPS) is 13.5. The first-order valence-electron chi connectivity index (χ1n) is 6.76. The number of rotatable bonds is 8. The van der Waals surface area contributed by atoms with Gasteiger partial charge in [0.1, 0.15) is 0 Å². The zero-order valence-corrected chi connectivity index (χ0v) is 13.2. The van der Waals surface area contributed by atoms with Crippen LogP contribution in [-0.4, -0.2) is 18.5 Å². The molecular formula is C15H26N2OS. The van der Waals surface area contributed by atoms with Crippen LogP contribution < -0.4 is 11.3 Å². The number of nitrogens with one attached hydrogen (secondary N) is 1. The van der Waals surface area contributed by atoms with Crippen LogP contribution in [0.15, 0.2) is 29.2 Å². The van der Waals surface area contributed by atoms with Gasteiger partial charge in [0.25, 0.3) is 0 Å². The molecular weight excluding hydrogens is 256 g/mol. The number of benzene rings is 1. The summed E-state index contributed by atoms with van der Waals surface area (Å²) in [6.07, 6.45) is 1.92. The molecule has 0 bridgehead atoms. The molecule has 0 aromatic heterocycles. The fraction of sp³-hybridized carbons (Fsp3) is 0.600. The fourth-order valence-electron chi connectivity index (χ4n) is 1.90. The van der Waals surface area contributed by atoms with E-state index in [1.165, 1.54) is 10.5 Å². The highest BCUT2D eigenvalue weighted by molar-refractivity contribution is 7.99. The van der Waals surface area contributed by atoms with Crippen molar-refractivity contribution in [3.8, 4) is 0 Å². The number of methoxy groups -OCH3 is 1. The van der Waals surface area contributed by atoms with Crippen molar-refractivity contribution in [2.45, 2.75) is 50.2 Å². The Hall–Kier alpha value is -0.550. The molecule has 0 saturated heterocycles. The van der Waals surface area contributed by atoms with Gasteiger partial charge in [0.15, 0.2) is 0 Å². The summed E-state index contributed by atoms with van der Waals surface area (Å²) < 4.78 is 5.45. The zero-order valence-electron chi connectivity index (χ0n) is 12.4. The SMILES string of the molecule is CCSc1ccc(C(CCC(C)(C)OC)NN)cc1.